The summed E-state index contributed by atoms with van der Waals surface area (Å²) in [4.78, 5) is 0. The Labute approximate surface area is 54.3 Å². The highest BCUT2D eigenvalue weighted by Gasteiger charge is 1.71. The van der Waals surface area contributed by atoms with E-state index in [-0.39, 0.29) is 0 Å². The van der Waals surface area contributed by atoms with Crippen LogP contribution in [0.2, 0.25) is 0 Å². The Bertz CT molecular complexity index is 53.5. The molecule has 0 aromatic rings. The third-order valence-electron chi connectivity index (χ3n) is 0.885. The summed E-state index contributed by atoms with van der Waals surface area (Å²) >= 11 is 0. The van der Waals surface area contributed by atoms with Crippen LogP contribution in [-0.4, -0.2) is 17.1 Å². The summed E-state index contributed by atoms with van der Waals surface area (Å²) < 4.78 is 4.94. The minimum atomic E-state index is 0.812. The molecule has 0 heterocycles. The molecular formula is C6H14OSi. The third kappa shape index (κ3) is 5.92. The van der Waals surface area contributed by atoms with Crippen LogP contribution in [0.3, 0.4) is 0 Å². The molecule has 0 saturated heterocycles. The minimum Gasteiger partial charge on any atom is -0.424 e. The van der Waals surface area contributed by atoms with Crippen LogP contribution in [0.1, 0.15) is 19.8 Å². The second-order valence-corrected chi connectivity index (χ2v) is 2.29. The third-order valence-corrected chi connectivity index (χ3v) is 1.22. The molecule has 0 bridgehead atoms. The summed E-state index contributed by atoms with van der Waals surface area (Å²) in [5, 5.41) is 0. The molecule has 0 aliphatic heterocycles. The molecule has 0 saturated carbocycles. The fraction of sp³-hybridized carbons (Fsp3) is 0.667. The number of unbranched alkanes of at least 4 members (excludes halogenated alkanes) is 1. The molecule has 0 N–H and O–H groups in total. The zero-order valence-corrected chi connectivity index (χ0v) is 7.68. The lowest BCUT2D eigenvalue weighted by molar-refractivity contribution is 0.401. The molecule has 2 heteroatoms. The van der Waals surface area contributed by atoms with Gasteiger partial charge >= 0.3 is 0 Å². The first kappa shape index (κ1) is 7.92. The normalized spacial score (nSPS) is 11.1. The molecule has 0 amide bonds. The lowest BCUT2D eigenvalue weighted by Crippen LogP contribution is -1.81. The van der Waals surface area contributed by atoms with Crippen molar-refractivity contribution in [3.05, 3.63) is 12.2 Å². The first-order valence-corrected chi connectivity index (χ1v) is 3.87. The Hall–Kier alpha value is -0.0831. The first-order valence-electron chi connectivity index (χ1n) is 3.05. The molecule has 0 aromatic carbocycles. The van der Waals surface area contributed by atoms with Gasteiger partial charge in [0.25, 0.3) is 0 Å². The molecule has 0 atom stereocenters. The number of allylic oxidation sites excluding steroid dienone is 1. The molecule has 0 aliphatic rings. The van der Waals surface area contributed by atoms with Crippen LogP contribution in [-0.2, 0) is 4.43 Å². The van der Waals surface area contributed by atoms with E-state index in [1.54, 1.807) is 0 Å². The van der Waals surface area contributed by atoms with Gasteiger partial charge in [0.2, 0.25) is 0 Å². The van der Waals surface area contributed by atoms with E-state index in [1.807, 2.05) is 0 Å². The average Bonchev–Trinajstić information content (AvgIpc) is 1.81. The van der Waals surface area contributed by atoms with E-state index in [2.05, 4.69) is 19.1 Å². The van der Waals surface area contributed by atoms with Crippen LogP contribution in [0.15, 0.2) is 12.2 Å². The highest BCUT2D eigenvalue weighted by molar-refractivity contribution is 5.98. The minimum absolute atomic E-state index is 0.812. The highest BCUT2D eigenvalue weighted by atomic mass is 28.2. The quantitative estimate of drug-likeness (QED) is 0.401. The van der Waals surface area contributed by atoms with Gasteiger partial charge in [-0.2, -0.15) is 0 Å². The van der Waals surface area contributed by atoms with Crippen molar-refractivity contribution in [2.24, 2.45) is 0 Å². The van der Waals surface area contributed by atoms with Crippen molar-refractivity contribution in [1.29, 1.82) is 0 Å². The average molecular weight is 130 g/mol. The lowest BCUT2D eigenvalue weighted by atomic mass is 10.3. The monoisotopic (exact) mass is 130 g/mol. The van der Waals surface area contributed by atoms with E-state index in [0.717, 1.165) is 17.1 Å². The molecule has 0 radical (unpaired) electrons. The standard InChI is InChI=1S/C6H14OSi/c1-2-3-4-5-6-7-8/h4-5H,2-3,6H2,1,8H3. The van der Waals surface area contributed by atoms with Gasteiger partial charge < -0.3 is 4.43 Å². The van der Waals surface area contributed by atoms with Crippen LogP contribution in [0.4, 0.5) is 0 Å². The van der Waals surface area contributed by atoms with Crippen LogP contribution in [0.25, 0.3) is 0 Å². The fourth-order valence-electron chi connectivity index (χ4n) is 0.449. The Kier molecular flexibility index (Phi) is 6.85. The second kappa shape index (κ2) is 6.92. The van der Waals surface area contributed by atoms with Crippen molar-refractivity contribution in [3.63, 3.8) is 0 Å². The zero-order valence-electron chi connectivity index (χ0n) is 5.68. The van der Waals surface area contributed by atoms with Gasteiger partial charge in [-0.25, -0.2) is 0 Å². The van der Waals surface area contributed by atoms with E-state index in [9.17, 15) is 0 Å². The predicted octanol–water partition coefficient (Wildman–Crippen LogP) is 0.640. The first-order chi connectivity index (χ1) is 3.91. The van der Waals surface area contributed by atoms with E-state index in [0.29, 0.717) is 0 Å². The van der Waals surface area contributed by atoms with Gasteiger partial charge in [-0.1, -0.05) is 25.5 Å². The highest BCUT2D eigenvalue weighted by Crippen LogP contribution is 1.86. The maximum atomic E-state index is 4.94. The zero-order chi connectivity index (χ0) is 6.24. The van der Waals surface area contributed by atoms with Crippen molar-refractivity contribution < 1.29 is 4.43 Å². The summed E-state index contributed by atoms with van der Waals surface area (Å²) in [7, 11) is 0.856. The molecule has 0 fully saturated rings. The summed E-state index contributed by atoms with van der Waals surface area (Å²) in [6.45, 7) is 2.98. The van der Waals surface area contributed by atoms with Gasteiger partial charge in [-0.15, -0.1) is 0 Å². The lowest BCUT2D eigenvalue weighted by Gasteiger charge is -1.86. The summed E-state index contributed by atoms with van der Waals surface area (Å²) in [6, 6.07) is 0. The van der Waals surface area contributed by atoms with Gasteiger partial charge in [0.05, 0.1) is 6.61 Å². The molecule has 0 aliphatic carbocycles. The second-order valence-electron chi connectivity index (χ2n) is 1.72. The van der Waals surface area contributed by atoms with Crippen molar-refractivity contribution in [2.75, 3.05) is 6.61 Å². The molecule has 0 spiro atoms. The van der Waals surface area contributed by atoms with Crippen molar-refractivity contribution in [3.8, 4) is 0 Å². The van der Waals surface area contributed by atoms with Crippen LogP contribution in [0.5, 0.6) is 0 Å². The van der Waals surface area contributed by atoms with E-state index in [4.69, 9.17) is 4.43 Å². The van der Waals surface area contributed by atoms with Crippen molar-refractivity contribution in [2.45, 2.75) is 19.8 Å². The topological polar surface area (TPSA) is 9.23 Å². The maximum absolute atomic E-state index is 4.94. The summed E-state index contributed by atoms with van der Waals surface area (Å²) in [5.41, 5.74) is 0. The van der Waals surface area contributed by atoms with Gasteiger partial charge in [0.15, 0.2) is 0 Å². The number of rotatable bonds is 4. The predicted molar refractivity (Wildman–Crippen MR) is 39.9 cm³/mol. The summed E-state index contributed by atoms with van der Waals surface area (Å²) in [5.74, 6) is 0. The Balaban J connectivity index is 2.83. The molecule has 8 heavy (non-hydrogen) atoms. The smallest absolute Gasteiger partial charge is 0.146 e. The van der Waals surface area contributed by atoms with E-state index < -0.39 is 0 Å². The van der Waals surface area contributed by atoms with Crippen molar-refractivity contribution >= 4 is 10.5 Å². The van der Waals surface area contributed by atoms with Crippen molar-refractivity contribution in [1.82, 2.24) is 0 Å². The Morgan fingerprint density at radius 1 is 1.50 bits per heavy atom. The number of hydrogen-bond donors (Lipinski definition) is 0. The maximum Gasteiger partial charge on any atom is 0.146 e. The van der Waals surface area contributed by atoms with Crippen LogP contribution >= 0.6 is 0 Å². The number of hydrogen-bond acceptors (Lipinski definition) is 1. The largest absolute Gasteiger partial charge is 0.424 e. The summed E-state index contributed by atoms with van der Waals surface area (Å²) in [6.07, 6.45) is 6.66. The van der Waals surface area contributed by atoms with Gasteiger partial charge in [-0.3, -0.25) is 0 Å². The van der Waals surface area contributed by atoms with Crippen LogP contribution < -0.4 is 0 Å². The van der Waals surface area contributed by atoms with Gasteiger partial charge in [0.1, 0.15) is 10.5 Å². The Morgan fingerprint density at radius 2 is 2.25 bits per heavy atom. The van der Waals surface area contributed by atoms with E-state index >= 15 is 0 Å². The fourth-order valence-corrected chi connectivity index (χ4v) is 0.641. The molecule has 0 unspecified atom stereocenters. The van der Waals surface area contributed by atoms with Gasteiger partial charge in [0, 0.05) is 0 Å². The Morgan fingerprint density at radius 3 is 2.75 bits per heavy atom. The molecule has 1 nitrogen and oxygen atoms in total. The molecule has 0 aromatic heterocycles. The molecular weight excluding hydrogens is 116 g/mol. The van der Waals surface area contributed by atoms with Crippen LogP contribution in [0, 0.1) is 0 Å². The van der Waals surface area contributed by atoms with E-state index in [1.165, 1.54) is 12.8 Å². The molecule has 48 valence electrons. The molecule has 0 rings (SSSR count). The SMILES string of the molecule is CCCC=CCO[SiH3]. The van der Waals surface area contributed by atoms with Gasteiger partial charge in [-0.05, 0) is 6.42 Å².